The van der Waals surface area contributed by atoms with Gasteiger partial charge in [0.2, 0.25) is 23.6 Å². The largest absolute Gasteiger partial charge is 0.355 e. The summed E-state index contributed by atoms with van der Waals surface area (Å²) in [6.45, 7) is 9.68. The lowest BCUT2D eigenvalue weighted by Crippen LogP contribution is -2.35. The zero-order valence-electron chi connectivity index (χ0n) is 28.0. The summed E-state index contributed by atoms with van der Waals surface area (Å²) in [5.41, 5.74) is 5.63. The summed E-state index contributed by atoms with van der Waals surface area (Å²) in [6, 6.07) is 0. The van der Waals surface area contributed by atoms with Crippen LogP contribution < -0.4 is 27.0 Å². The van der Waals surface area contributed by atoms with Gasteiger partial charge in [-0.3, -0.25) is 19.2 Å². The summed E-state index contributed by atoms with van der Waals surface area (Å²) < 4.78 is 0. The van der Waals surface area contributed by atoms with Crippen molar-refractivity contribution in [3.05, 3.63) is 0 Å². The predicted molar refractivity (Wildman–Crippen MR) is 198 cm³/mol. The fourth-order valence-electron chi connectivity index (χ4n) is 4.09. The van der Waals surface area contributed by atoms with Crippen LogP contribution in [-0.4, -0.2) is 141 Å². The summed E-state index contributed by atoms with van der Waals surface area (Å²) >= 11 is 3.42. The summed E-state index contributed by atoms with van der Waals surface area (Å²) in [4.78, 5) is 53.2. The molecule has 0 rings (SSSR count). The zero-order chi connectivity index (χ0) is 33.4. The molecule has 6 N–H and O–H groups in total. The first-order chi connectivity index (χ1) is 21.9. The van der Waals surface area contributed by atoms with Crippen LogP contribution in [-0.2, 0) is 19.2 Å². The minimum absolute atomic E-state index is 0.0188. The number of carbonyl (C=O) groups is 4. The standard InChI is InChI=1S/C30H61N7O4S4/c1-4-5-17-36(19-8-27(38)32-13-23-42-2)20-9-29(40)34-15-25-44-45-26-16-35-30(41)11-22-37(18-7-6-12-31)21-10-28(39)33-14-24-43-3/h4-26,31H2,1-3H3,(H,32,38)(H,33,39)(H,34,40)(H,35,41). The molecular weight excluding hydrogens is 651 g/mol. The Hall–Kier alpha value is -0.840. The lowest BCUT2D eigenvalue weighted by molar-refractivity contribution is -0.123. The second kappa shape index (κ2) is 33.1. The van der Waals surface area contributed by atoms with Crippen LogP contribution in [0.4, 0.5) is 0 Å². The summed E-state index contributed by atoms with van der Waals surface area (Å²) in [6.07, 6.45) is 9.78. The molecule has 0 aromatic heterocycles. The van der Waals surface area contributed by atoms with Gasteiger partial charge in [0, 0.05) is 101 Å². The van der Waals surface area contributed by atoms with E-state index in [4.69, 9.17) is 5.73 Å². The smallest absolute Gasteiger partial charge is 0.221 e. The van der Waals surface area contributed by atoms with Gasteiger partial charge in [0.05, 0.1) is 0 Å². The Labute approximate surface area is 289 Å². The maximum atomic E-state index is 12.4. The molecule has 0 heterocycles. The summed E-state index contributed by atoms with van der Waals surface area (Å²) in [5, 5.41) is 11.8. The molecule has 0 bridgehead atoms. The summed E-state index contributed by atoms with van der Waals surface area (Å²) in [5.74, 6) is 3.58. The molecule has 0 radical (unpaired) electrons. The second-order valence-corrected chi connectivity index (χ2v) is 15.2. The number of nitrogens with two attached hydrogens (primary N) is 1. The number of rotatable bonds is 32. The zero-order valence-corrected chi connectivity index (χ0v) is 31.3. The van der Waals surface area contributed by atoms with Crippen LogP contribution in [0.3, 0.4) is 0 Å². The first-order valence-corrected chi connectivity index (χ1v) is 21.6. The van der Waals surface area contributed by atoms with Crippen molar-refractivity contribution in [2.75, 3.05) is 108 Å². The fraction of sp³-hybridized carbons (Fsp3) is 0.867. The Morgan fingerprint density at radius 3 is 1.22 bits per heavy atom. The molecule has 0 spiro atoms. The van der Waals surface area contributed by atoms with Gasteiger partial charge in [-0.05, 0) is 51.4 Å². The number of nitrogens with zero attached hydrogens (tertiary/aromatic N) is 2. The molecule has 0 aromatic rings. The fourth-order valence-corrected chi connectivity index (χ4v) is 6.52. The van der Waals surface area contributed by atoms with Crippen LogP contribution in [0.15, 0.2) is 0 Å². The molecule has 264 valence electrons. The Balaban J connectivity index is 4.05. The SMILES string of the molecule is CCCCN(CCC(=O)NCCSC)CCC(=O)NCCSSCCNC(=O)CCN(CCCCN)CCC(=O)NCCSC. The Kier molecular flexibility index (Phi) is 32.5. The van der Waals surface area contributed by atoms with E-state index in [0.717, 1.165) is 61.8 Å². The first kappa shape index (κ1) is 44.2. The third-order valence-electron chi connectivity index (χ3n) is 6.73. The van der Waals surface area contributed by atoms with Crippen molar-refractivity contribution in [2.45, 2.75) is 58.3 Å². The van der Waals surface area contributed by atoms with Gasteiger partial charge >= 0.3 is 0 Å². The van der Waals surface area contributed by atoms with Gasteiger partial charge < -0.3 is 36.8 Å². The van der Waals surface area contributed by atoms with Crippen LogP contribution in [0.1, 0.15) is 58.3 Å². The third kappa shape index (κ3) is 30.3. The number of nitrogens with one attached hydrogen (secondary N) is 4. The van der Waals surface area contributed by atoms with Crippen molar-refractivity contribution < 1.29 is 19.2 Å². The van der Waals surface area contributed by atoms with Crippen LogP contribution in [0.25, 0.3) is 0 Å². The number of unbranched alkanes of at least 4 members (excludes halogenated alkanes) is 2. The highest BCUT2D eigenvalue weighted by Crippen LogP contribution is 2.19. The van der Waals surface area contributed by atoms with Crippen molar-refractivity contribution in [1.82, 2.24) is 31.1 Å². The molecular formula is C30H61N7O4S4. The third-order valence-corrected chi connectivity index (χ3v) is 10.4. The van der Waals surface area contributed by atoms with Gasteiger partial charge in [0.25, 0.3) is 0 Å². The van der Waals surface area contributed by atoms with Gasteiger partial charge in [-0.25, -0.2) is 0 Å². The van der Waals surface area contributed by atoms with Crippen LogP contribution >= 0.6 is 45.1 Å². The van der Waals surface area contributed by atoms with Gasteiger partial charge in [0.15, 0.2) is 0 Å². The van der Waals surface area contributed by atoms with Crippen molar-refractivity contribution >= 4 is 68.7 Å². The normalized spacial score (nSPS) is 11.2. The minimum Gasteiger partial charge on any atom is -0.355 e. The highest BCUT2D eigenvalue weighted by atomic mass is 33.1. The van der Waals surface area contributed by atoms with E-state index in [1.807, 2.05) is 12.5 Å². The van der Waals surface area contributed by atoms with E-state index >= 15 is 0 Å². The molecule has 45 heavy (non-hydrogen) atoms. The monoisotopic (exact) mass is 711 g/mol. The summed E-state index contributed by atoms with van der Waals surface area (Å²) in [7, 11) is 3.37. The van der Waals surface area contributed by atoms with Crippen LogP contribution in [0, 0.1) is 0 Å². The van der Waals surface area contributed by atoms with Crippen molar-refractivity contribution in [3.8, 4) is 0 Å². The average molecular weight is 712 g/mol. The molecule has 0 saturated heterocycles. The molecule has 0 saturated carbocycles. The van der Waals surface area contributed by atoms with Gasteiger partial charge in [-0.2, -0.15) is 23.5 Å². The lowest BCUT2D eigenvalue weighted by atomic mass is 10.2. The van der Waals surface area contributed by atoms with E-state index in [9.17, 15) is 19.2 Å². The van der Waals surface area contributed by atoms with Gasteiger partial charge in [-0.15, -0.1) is 0 Å². The molecule has 0 aromatic carbocycles. The number of amides is 4. The molecule has 0 aliphatic heterocycles. The average Bonchev–Trinajstić information content (AvgIpc) is 3.03. The number of hydrogen-bond donors (Lipinski definition) is 5. The topological polar surface area (TPSA) is 149 Å². The van der Waals surface area contributed by atoms with Crippen LogP contribution in [0.2, 0.25) is 0 Å². The molecule has 15 heteroatoms. The number of thioether (sulfide) groups is 2. The first-order valence-electron chi connectivity index (χ1n) is 16.3. The molecule has 0 aliphatic carbocycles. The van der Waals surface area contributed by atoms with E-state index in [1.54, 1.807) is 45.1 Å². The van der Waals surface area contributed by atoms with E-state index in [0.29, 0.717) is 84.6 Å². The van der Waals surface area contributed by atoms with Crippen LogP contribution in [0.5, 0.6) is 0 Å². The quantitative estimate of drug-likeness (QED) is 0.0517. The Morgan fingerprint density at radius 1 is 0.533 bits per heavy atom. The molecule has 0 fully saturated rings. The lowest BCUT2D eigenvalue weighted by Gasteiger charge is -2.22. The van der Waals surface area contributed by atoms with Gasteiger partial charge in [-0.1, -0.05) is 34.9 Å². The predicted octanol–water partition coefficient (Wildman–Crippen LogP) is 2.26. The van der Waals surface area contributed by atoms with Crippen molar-refractivity contribution in [3.63, 3.8) is 0 Å². The number of hydrogen-bond acceptors (Lipinski definition) is 11. The molecule has 11 nitrogen and oxygen atoms in total. The second-order valence-electron chi connectivity index (χ2n) is 10.6. The highest BCUT2D eigenvalue weighted by molar-refractivity contribution is 8.76. The van der Waals surface area contributed by atoms with Crippen molar-refractivity contribution in [2.24, 2.45) is 5.73 Å². The van der Waals surface area contributed by atoms with E-state index in [-0.39, 0.29) is 23.6 Å². The van der Waals surface area contributed by atoms with E-state index < -0.39 is 0 Å². The highest BCUT2D eigenvalue weighted by Gasteiger charge is 2.12. The molecule has 4 amide bonds. The minimum atomic E-state index is 0.0188. The molecule has 0 atom stereocenters. The maximum Gasteiger partial charge on any atom is 0.221 e. The number of carbonyl (C=O) groups excluding carboxylic acids is 4. The Morgan fingerprint density at radius 2 is 0.889 bits per heavy atom. The van der Waals surface area contributed by atoms with Crippen molar-refractivity contribution in [1.29, 1.82) is 0 Å². The van der Waals surface area contributed by atoms with E-state index in [2.05, 4.69) is 38.0 Å². The molecule has 0 unspecified atom stereocenters. The maximum absolute atomic E-state index is 12.4. The molecule has 0 aliphatic rings. The van der Waals surface area contributed by atoms with E-state index in [1.165, 1.54) is 0 Å². The van der Waals surface area contributed by atoms with Gasteiger partial charge in [0.1, 0.15) is 0 Å². The Bertz CT molecular complexity index is 772.